The third-order valence-corrected chi connectivity index (χ3v) is 9.63. The Balaban J connectivity index is 1.31. The number of pyridine rings is 1. The highest BCUT2D eigenvalue weighted by Crippen LogP contribution is 2.41. The molecule has 1 aliphatic rings. The SMILES string of the molecule is CC(Oc1cc(-c2nn(C)c3c(-c4cnn(C5CCC(C(=O)OC(C)(C)C)CC5)c4)cnc(N)c23)ccc1NS(=O)C(F)F)c1ccc(F)cc1. The van der Waals surface area contributed by atoms with E-state index in [1.807, 2.05) is 31.6 Å². The summed E-state index contributed by atoms with van der Waals surface area (Å²) < 4.78 is 69.9. The molecule has 270 valence electrons. The summed E-state index contributed by atoms with van der Waals surface area (Å²) >= 11 is 0. The number of aryl methyl sites for hydroxylation is 1. The molecule has 0 spiro atoms. The van der Waals surface area contributed by atoms with E-state index in [9.17, 15) is 22.2 Å². The van der Waals surface area contributed by atoms with Crippen molar-refractivity contribution in [2.45, 2.75) is 76.9 Å². The predicted octanol–water partition coefficient (Wildman–Crippen LogP) is 7.73. The van der Waals surface area contributed by atoms with E-state index in [0.717, 1.165) is 24.0 Å². The second-order valence-electron chi connectivity index (χ2n) is 13.7. The van der Waals surface area contributed by atoms with Crippen molar-refractivity contribution in [1.29, 1.82) is 0 Å². The van der Waals surface area contributed by atoms with Gasteiger partial charge in [0.25, 0.3) is 0 Å². The number of hydrogen-bond acceptors (Lipinski definition) is 8. The molecule has 0 radical (unpaired) electrons. The van der Waals surface area contributed by atoms with Crippen LogP contribution in [0, 0.1) is 11.7 Å². The summed E-state index contributed by atoms with van der Waals surface area (Å²) in [5.74, 6) is -3.47. The Labute approximate surface area is 295 Å². The van der Waals surface area contributed by atoms with Gasteiger partial charge in [0.05, 0.1) is 34.7 Å². The lowest BCUT2D eigenvalue weighted by atomic mass is 9.86. The zero-order valence-electron chi connectivity index (χ0n) is 28.9. The number of hydrogen-bond donors (Lipinski definition) is 2. The Kier molecular flexibility index (Phi) is 10.1. The number of carbonyl (C=O) groups is 1. The molecular formula is C36H40F3N7O4S. The Bertz CT molecular complexity index is 2070. The normalized spacial score (nSPS) is 17.7. The molecule has 0 aliphatic heterocycles. The molecule has 3 aromatic heterocycles. The molecule has 15 heteroatoms. The third-order valence-electron chi connectivity index (χ3n) is 8.89. The summed E-state index contributed by atoms with van der Waals surface area (Å²) in [5.41, 5.74) is 9.93. The van der Waals surface area contributed by atoms with Gasteiger partial charge in [0.1, 0.15) is 34.8 Å². The van der Waals surface area contributed by atoms with Crippen LogP contribution in [0.15, 0.2) is 61.1 Å². The second-order valence-corrected chi connectivity index (χ2v) is 14.8. The van der Waals surface area contributed by atoms with Crippen molar-refractivity contribution >= 4 is 39.4 Å². The van der Waals surface area contributed by atoms with Crippen LogP contribution in [0.1, 0.15) is 71.1 Å². The van der Waals surface area contributed by atoms with E-state index in [0.29, 0.717) is 40.6 Å². The first-order valence-corrected chi connectivity index (χ1v) is 17.8. The molecule has 51 heavy (non-hydrogen) atoms. The van der Waals surface area contributed by atoms with Gasteiger partial charge in [-0.2, -0.15) is 19.0 Å². The fourth-order valence-electron chi connectivity index (χ4n) is 6.38. The van der Waals surface area contributed by atoms with Crippen molar-refractivity contribution < 1.29 is 31.6 Å². The molecular weight excluding hydrogens is 684 g/mol. The topological polar surface area (TPSA) is 139 Å². The number of ether oxygens (including phenoxy) is 2. The van der Waals surface area contributed by atoms with E-state index in [-0.39, 0.29) is 35.2 Å². The largest absolute Gasteiger partial charge is 0.484 e. The maximum absolute atomic E-state index is 13.6. The molecule has 0 bridgehead atoms. The highest BCUT2D eigenvalue weighted by Gasteiger charge is 2.31. The highest BCUT2D eigenvalue weighted by atomic mass is 32.2. The van der Waals surface area contributed by atoms with Crippen molar-refractivity contribution in [3.63, 3.8) is 0 Å². The van der Waals surface area contributed by atoms with Gasteiger partial charge in [0.2, 0.25) is 0 Å². The van der Waals surface area contributed by atoms with Gasteiger partial charge in [-0.3, -0.25) is 18.9 Å². The van der Waals surface area contributed by atoms with Crippen molar-refractivity contribution in [1.82, 2.24) is 24.5 Å². The number of nitrogen functional groups attached to an aromatic ring is 1. The number of nitrogens with zero attached hydrogens (tertiary/aromatic N) is 5. The van der Waals surface area contributed by atoms with Crippen LogP contribution in [-0.2, 0) is 27.6 Å². The second kappa shape index (κ2) is 14.4. The van der Waals surface area contributed by atoms with E-state index in [1.54, 1.807) is 55.3 Å². The van der Waals surface area contributed by atoms with Gasteiger partial charge >= 0.3 is 11.7 Å². The zero-order chi connectivity index (χ0) is 36.6. The minimum absolute atomic E-state index is 0.0749. The fraction of sp³-hybridized carbons (Fsp3) is 0.389. The minimum atomic E-state index is -3.13. The van der Waals surface area contributed by atoms with Crippen LogP contribution in [0.4, 0.5) is 24.7 Å². The molecule has 2 atom stereocenters. The zero-order valence-corrected chi connectivity index (χ0v) is 29.7. The smallest absolute Gasteiger partial charge is 0.330 e. The maximum Gasteiger partial charge on any atom is 0.330 e. The summed E-state index contributed by atoms with van der Waals surface area (Å²) in [7, 11) is -0.907. The molecule has 3 heterocycles. The number of nitrogens with one attached hydrogen (secondary N) is 1. The summed E-state index contributed by atoms with van der Waals surface area (Å²) in [4.78, 5) is 17.1. The first-order valence-electron chi connectivity index (χ1n) is 16.6. The Hall–Kier alpha value is -4.92. The molecule has 1 aliphatic carbocycles. The number of nitrogens with two attached hydrogens (primary N) is 1. The lowest BCUT2D eigenvalue weighted by Gasteiger charge is -2.29. The molecule has 3 N–H and O–H groups in total. The van der Waals surface area contributed by atoms with E-state index < -0.39 is 34.3 Å². The minimum Gasteiger partial charge on any atom is -0.484 e. The van der Waals surface area contributed by atoms with E-state index in [2.05, 4.69) is 14.8 Å². The van der Waals surface area contributed by atoms with Crippen molar-refractivity contribution in [2.75, 3.05) is 10.5 Å². The number of rotatable bonds is 10. The summed E-state index contributed by atoms with van der Waals surface area (Å²) in [6.07, 6.45) is 7.80. The van der Waals surface area contributed by atoms with Crippen molar-refractivity contribution in [2.24, 2.45) is 13.0 Å². The number of alkyl halides is 2. The molecule has 11 nitrogen and oxygen atoms in total. The lowest BCUT2D eigenvalue weighted by molar-refractivity contribution is -0.161. The van der Waals surface area contributed by atoms with Gasteiger partial charge < -0.3 is 15.2 Å². The first-order chi connectivity index (χ1) is 24.2. The average Bonchev–Trinajstić information content (AvgIpc) is 3.71. The summed E-state index contributed by atoms with van der Waals surface area (Å²) in [6.45, 7) is 7.35. The number of benzene rings is 2. The van der Waals surface area contributed by atoms with Crippen molar-refractivity contribution in [3.8, 4) is 28.1 Å². The van der Waals surface area contributed by atoms with Gasteiger partial charge in [0, 0.05) is 36.1 Å². The third kappa shape index (κ3) is 7.87. The number of halogens is 3. The van der Waals surface area contributed by atoms with E-state index in [4.69, 9.17) is 20.3 Å². The molecule has 0 amide bonds. The van der Waals surface area contributed by atoms with Gasteiger partial charge in [-0.05, 0) is 83.2 Å². The van der Waals surface area contributed by atoms with Crippen LogP contribution < -0.4 is 15.2 Å². The number of esters is 1. The Morgan fingerprint density at radius 3 is 2.43 bits per heavy atom. The molecule has 1 fully saturated rings. The highest BCUT2D eigenvalue weighted by molar-refractivity contribution is 7.86. The number of carbonyl (C=O) groups excluding carboxylic acids is 1. The van der Waals surface area contributed by atoms with Gasteiger partial charge in [-0.15, -0.1) is 0 Å². The van der Waals surface area contributed by atoms with Crippen LogP contribution in [0.2, 0.25) is 0 Å². The average molecular weight is 724 g/mol. The van der Waals surface area contributed by atoms with Gasteiger partial charge in [-0.1, -0.05) is 18.2 Å². The van der Waals surface area contributed by atoms with Crippen LogP contribution in [0.3, 0.4) is 0 Å². The number of aromatic nitrogens is 5. The van der Waals surface area contributed by atoms with E-state index in [1.165, 1.54) is 18.2 Å². The Morgan fingerprint density at radius 1 is 1.06 bits per heavy atom. The summed E-state index contributed by atoms with van der Waals surface area (Å²) in [6, 6.07) is 10.6. The molecule has 5 aromatic rings. The molecule has 6 rings (SSSR count). The Morgan fingerprint density at radius 2 is 1.76 bits per heavy atom. The number of fused-ring (bicyclic) bond motifs is 1. The van der Waals surface area contributed by atoms with Crippen LogP contribution in [0.5, 0.6) is 5.75 Å². The summed E-state index contributed by atoms with van der Waals surface area (Å²) in [5, 5.41) is 10.0. The molecule has 1 saturated carbocycles. The monoisotopic (exact) mass is 723 g/mol. The number of anilines is 2. The standard InChI is InChI=1S/C36H40F3N7O4S/c1-20(21-6-11-25(37)12-7-21)49-29-16-23(10-15-28(29)44-51(48)35(38)39)31-30-32(45(5)43-31)27(18-41-33(30)40)24-17-42-46(19-24)26-13-8-22(9-14-26)34(47)50-36(2,3)4/h6-7,10-12,15-20,22,26,35,44H,8-9,13-14H2,1-5H3,(H2,40,41). The van der Waals surface area contributed by atoms with Gasteiger partial charge in [-0.25, -0.2) is 13.6 Å². The van der Waals surface area contributed by atoms with Crippen LogP contribution in [-0.4, -0.2) is 46.1 Å². The van der Waals surface area contributed by atoms with Crippen molar-refractivity contribution in [3.05, 3.63) is 72.4 Å². The van der Waals surface area contributed by atoms with E-state index >= 15 is 0 Å². The fourth-order valence-corrected chi connectivity index (χ4v) is 6.86. The lowest BCUT2D eigenvalue weighted by Crippen LogP contribution is -2.31. The first kappa shape index (κ1) is 35.9. The van der Waals surface area contributed by atoms with Crippen LogP contribution >= 0.6 is 0 Å². The predicted molar refractivity (Wildman–Crippen MR) is 190 cm³/mol. The van der Waals surface area contributed by atoms with Crippen LogP contribution in [0.25, 0.3) is 33.3 Å². The molecule has 2 unspecified atom stereocenters. The quantitative estimate of drug-likeness (QED) is 0.140. The molecule has 2 aromatic carbocycles. The molecule has 0 saturated heterocycles. The van der Waals surface area contributed by atoms with Gasteiger partial charge in [0.15, 0.2) is 11.0 Å². The maximum atomic E-state index is 13.6.